The number of likely N-dealkylation sites (N-methyl/N-ethyl adjacent to an activating group) is 1. The molecule has 1 saturated heterocycles. The standard InChI is InChI=1S/C24H29FN4O3/c1-28-9-11-29(12-10-28)8-3-13-31-24-16-20-18(15-23(24)30-2)21(6-7-27-20)32-22-5-4-17(26)14-19(22)25/h4-7,14-16H,3,8-13,26H2,1-2H3. The zero-order valence-corrected chi connectivity index (χ0v) is 18.5. The Balaban J connectivity index is 1.46. The van der Waals surface area contributed by atoms with Gasteiger partial charge in [-0.15, -0.1) is 0 Å². The maximum Gasteiger partial charge on any atom is 0.167 e. The molecule has 2 N–H and O–H groups in total. The molecule has 8 heteroatoms. The van der Waals surface area contributed by atoms with E-state index < -0.39 is 5.82 Å². The highest BCUT2D eigenvalue weighted by molar-refractivity contribution is 5.88. The zero-order valence-electron chi connectivity index (χ0n) is 18.5. The van der Waals surface area contributed by atoms with E-state index in [1.165, 1.54) is 12.1 Å². The van der Waals surface area contributed by atoms with E-state index in [-0.39, 0.29) is 5.75 Å². The van der Waals surface area contributed by atoms with Crippen molar-refractivity contribution in [3.05, 3.63) is 48.4 Å². The van der Waals surface area contributed by atoms with Gasteiger partial charge in [0.1, 0.15) is 5.75 Å². The number of ether oxygens (including phenoxy) is 3. The summed E-state index contributed by atoms with van der Waals surface area (Å²) in [5.41, 5.74) is 6.64. The SMILES string of the molecule is COc1cc2c(Oc3ccc(N)cc3F)ccnc2cc1OCCCN1CCN(C)CC1. The average Bonchev–Trinajstić information content (AvgIpc) is 2.79. The summed E-state index contributed by atoms with van der Waals surface area (Å²) in [7, 11) is 3.75. The highest BCUT2D eigenvalue weighted by atomic mass is 19.1. The molecule has 170 valence electrons. The van der Waals surface area contributed by atoms with E-state index in [0.717, 1.165) is 39.1 Å². The Morgan fingerprint density at radius 1 is 1.00 bits per heavy atom. The lowest BCUT2D eigenvalue weighted by atomic mass is 10.1. The molecule has 7 nitrogen and oxygen atoms in total. The molecule has 0 spiro atoms. The number of nitrogen functional groups attached to an aromatic ring is 1. The van der Waals surface area contributed by atoms with Gasteiger partial charge in [-0.05, 0) is 37.7 Å². The fourth-order valence-corrected chi connectivity index (χ4v) is 3.75. The number of rotatable bonds is 8. The van der Waals surface area contributed by atoms with Crippen LogP contribution in [0.4, 0.5) is 10.1 Å². The monoisotopic (exact) mass is 440 g/mol. The van der Waals surface area contributed by atoms with Crippen LogP contribution in [-0.2, 0) is 0 Å². The Labute approximate surface area is 187 Å². The van der Waals surface area contributed by atoms with Gasteiger partial charge in [0.15, 0.2) is 23.1 Å². The molecule has 0 saturated carbocycles. The summed E-state index contributed by atoms with van der Waals surface area (Å²) in [4.78, 5) is 9.23. The maximum absolute atomic E-state index is 14.2. The van der Waals surface area contributed by atoms with Crippen LogP contribution in [0.1, 0.15) is 6.42 Å². The molecule has 2 aromatic carbocycles. The first-order valence-corrected chi connectivity index (χ1v) is 10.8. The minimum absolute atomic E-state index is 0.0925. The molecular formula is C24H29FN4O3. The molecule has 4 rings (SSSR count). The number of benzene rings is 2. The van der Waals surface area contributed by atoms with Crippen LogP contribution in [0, 0.1) is 5.82 Å². The smallest absolute Gasteiger partial charge is 0.167 e. The molecule has 1 aromatic heterocycles. The van der Waals surface area contributed by atoms with Gasteiger partial charge in [-0.3, -0.25) is 4.98 Å². The second-order valence-electron chi connectivity index (χ2n) is 7.97. The van der Waals surface area contributed by atoms with E-state index in [0.29, 0.717) is 40.4 Å². The number of fused-ring (bicyclic) bond motifs is 1. The second-order valence-corrected chi connectivity index (χ2v) is 7.97. The number of nitrogens with zero attached hydrogens (tertiary/aromatic N) is 3. The van der Waals surface area contributed by atoms with Gasteiger partial charge >= 0.3 is 0 Å². The Bertz CT molecular complexity index is 1070. The van der Waals surface area contributed by atoms with Crippen LogP contribution < -0.4 is 19.9 Å². The van der Waals surface area contributed by atoms with Crippen molar-refractivity contribution < 1.29 is 18.6 Å². The highest BCUT2D eigenvalue weighted by Crippen LogP contribution is 2.37. The number of anilines is 1. The number of halogens is 1. The Morgan fingerprint density at radius 2 is 1.81 bits per heavy atom. The van der Waals surface area contributed by atoms with Gasteiger partial charge in [-0.1, -0.05) is 0 Å². The summed E-state index contributed by atoms with van der Waals surface area (Å²) in [6, 6.07) is 9.66. The van der Waals surface area contributed by atoms with Crippen molar-refractivity contribution in [2.24, 2.45) is 0 Å². The van der Waals surface area contributed by atoms with Crippen LogP contribution in [0.5, 0.6) is 23.0 Å². The Hall–Kier alpha value is -3.10. The molecule has 1 aliphatic heterocycles. The minimum atomic E-state index is -0.526. The molecule has 0 unspecified atom stereocenters. The Kier molecular flexibility index (Phi) is 6.92. The van der Waals surface area contributed by atoms with Gasteiger partial charge in [0.2, 0.25) is 0 Å². The van der Waals surface area contributed by atoms with E-state index in [1.807, 2.05) is 12.1 Å². The largest absolute Gasteiger partial charge is 0.493 e. The average molecular weight is 441 g/mol. The summed E-state index contributed by atoms with van der Waals surface area (Å²) in [6.07, 6.45) is 2.55. The predicted octanol–water partition coefficient (Wildman–Crippen LogP) is 3.77. The van der Waals surface area contributed by atoms with Crippen molar-refractivity contribution in [1.29, 1.82) is 0 Å². The summed E-state index contributed by atoms with van der Waals surface area (Å²) in [5, 5.41) is 0.699. The van der Waals surface area contributed by atoms with Gasteiger partial charge in [0, 0.05) is 62.1 Å². The Morgan fingerprint density at radius 3 is 2.56 bits per heavy atom. The minimum Gasteiger partial charge on any atom is -0.493 e. The van der Waals surface area contributed by atoms with Crippen LogP contribution in [-0.4, -0.2) is 68.3 Å². The quantitative estimate of drug-likeness (QED) is 0.422. The van der Waals surface area contributed by atoms with Gasteiger partial charge in [-0.25, -0.2) is 4.39 Å². The van der Waals surface area contributed by atoms with Gasteiger partial charge < -0.3 is 29.7 Å². The van der Waals surface area contributed by atoms with E-state index in [4.69, 9.17) is 19.9 Å². The molecule has 0 atom stereocenters. The van der Waals surface area contributed by atoms with E-state index in [1.54, 1.807) is 25.4 Å². The van der Waals surface area contributed by atoms with Crippen molar-refractivity contribution in [3.63, 3.8) is 0 Å². The third kappa shape index (κ3) is 5.20. The van der Waals surface area contributed by atoms with Crippen LogP contribution >= 0.6 is 0 Å². The maximum atomic E-state index is 14.2. The topological polar surface area (TPSA) is 73.1 Å². The van der Waals surface area contributed by atoms with Crippen LogP contribution in [0.3, 0.4) is 0 Å². The summed E-state index contributed by atoms with van der Waals surface area (Å²) in [6.45, 7) is 5.99. The first kappa shape index (κ1) is 22.1. The molecule has 0 aliphatic carbocycles. The number of nitrogens with two attached hydrogens (primary N) is 1. The molecule has 3 aromatic rings. The van der Waals surface area contributed by atoms with Crippen LogP contribution in [0.15, 0.2) is 42.6 Å². The van der Waals surface area contributed by atoms with Crippen molar-refractivity contribution in [1.82, 2.24) is 14.8 Å². The summed E-state index contributed by atoms with van der Waals surface area (Å²) >= 11 is 0. The van der Waals surface area contributed by atoms with E-state index in [2.05, 4.69) is 21.8 Å². The lowest BCUT2D eigenvalue weighted by molar-refractivity contribution is 0.145. The van der Waals surface area contributed by atoms with Crippen LogP contribution in [0.25, 0.3) is 10.9 Å². The molecule has 2 heterocycles. The van der Waals surface area contributed by atoms with Crippen LogP contribution in [0.2, 0.25) is 0 Å². The zero-order chi connectivity index (χ0) is 22.5. The van der Waals surface area contributed by atoms with E-state index in [9.17, 15) is 4.39 Å². The molecule has 1 fully saturated rings. The molecule has 0 bridgehead atoms. The summed E-state index contributed by atoms with van der Waals surface area (Å²) in [5.74, 6) is 1.24. The molecule has 0 amide bonds. The van der Waals surface area contributed by atoms with Gasteiger partial charge in [-0.2, -0.15) is 0 Å². The van der Waals surface area contributed by atoms with Gasteiger partial charge in [0.05, 0.1) is 19.2 Å². The molecule has 32 heavy (non-hydrogen) atoms. The number of hydrogen-bond acceptors (Lipinski definition) is 7. The van der Waals surface area contributed by atoms with Gasteiger partial charge in [0.25, 0.3) is 0 Å². The normalized spacial score (nSPS) is 15.1. The number of hydrogen-bond donors (Lipinski definition) is 1. The third-order valence-electron chi connectivity index (χ3n) is 5.63. The van der Waals surface area contributed by atoms with E-state index >= 15 is 0 Å². The van der Waals surface area contributed by atoms with Crippen molar-refractivity contribution >= 4 is 16.6 Å². The second kappa shape index (κ2) is 10.0. The lowest BCUT2D eigenvalue weighted by Crippen LogP contribution is -2.44. The van der Waals surface area contributed by atoms with Crippen molar-refractivity contribution in [3.8, 4) is 23.0 Å². The fourth-order valence-electron chi connectivity index (χ4n) is 3.75. The first-order valence-electron chi connectivity index (χ1n) is 10.8. The van der Waals surface area contributed by atoms with Crippen molar-refractivity contribution in [2.45, 2.75) is 6.42 Å². The summed E-state index contributed by atoms with van der Waals surface area (Å²) < 4.78 is 31.6. The number of pyridine rings is 1. The molecular weight excluding hydrogens is 411 g/mol. The first-order chi connectivity index (χ1) is 15.5. The van der Waals surface area contributed by atoms with Crippen molar-refractivity contribution in [2.75, 3.05) is 59.2 Å². The molecule has 0 radical (unpaired) electrons. The predicted molar refractivity (Wildman–Crippen MR) is 123 cm³/mol. The number of aromatic nitrogens is 1. The lowest BCUT2D eigenvalue weighted by Gasteiger charge is -2.32. The fraction of sp³-hybridized carbons (Fsp3) is 0.375. The third-order valence-corrected chi connectivity index (χ3v) is 5.63. The molecule has 1 aliphatic rings. The number of methoxy groups -OCH3 is 1. The highest BCUT2D eigenvalue weighted by Gasteiger charge is 2.15. The number of piperazine rings is 1.